The highest BCUT2D eigenvalue weighted by Crippen LogP contribution is 2.21. The van der Waals surface area contributed by atoms with E-state index in [9.17, 15) is 9.59 Å². The zero-order valence-corrected chi connectivity index (χ0v) is 15.3. The Kier molecular flexibility index (Phi) is 4.56. The minimum atomic E-state index is -0.373. The number of hydrogen-bond acceptors (Lipinski definition) is 6. The maximum Gasteiger partial charge on any atom is 0.347 e. The van der Waals surface area contributed by atoms with E-state index in [2.05, 4.69) is 32.3 Å². The molecule has 1 amide bonds. The predicted molar refractivity (Wildman–Crippen MR) is 99.6 cm³/mol. The molecule has 0 aliphatic carbocycles. The molecule has 0 bridgehead atoms. The standard InChI is InChI=1S/C17H20N6O2S/c1-11-4-2-6-22(8-11)9-12-10-26-16(18-12)19-15(24)13-5-3-7-23-14(13)20-21-17(23)25/h3,5,7,10-11H,2,4,6,8-9H2,1H3,(H,21,25)(H,18,19,24). The molecule has 1 aliphatic heterocycles. The van der Waals surface area contributed by atoms with E-state index in [0.29, 0.717) is 16.3 Å². The molecule has 2 N–H and O–H groups in total. The molecule has 0 aromatic carbocycles. The van der Waals surface area contributed by atoms with Gasteiger partial charge in [-0.2, -0.15) is 5.10 Å². The van der Waals surface area contributed by atoms with Gasteiger partial charge in [-0.1, -0.05) is 6.92 Å². The third-order valence-electron chi connectivity index (χ3n) is 4.59. The van der Waals surface area contributed by atoms with Crippen molar-refractivity contribution in [2.75, 3.05) is 18.4 Å². The summed E-state index contributed by atoms with van der Waals surface area (Å²) < 4.78 is 1.31. The van der Waals surface area contributed by atoms with Crippen LogP contribution in [0.2, 0.25) is 0 Å². The number of thiazole rings is 1. The first-order valence-electron chi connectivity index (χ1n) is 8.64. The fraction of sp³-hybridized carbons (Fsp3) is 0.412. The van der Waals surface area contributed by atoms with Gasteiger partial charge in [0.15, 0.2) is 10.8 Å². The molecule has 0 radical (unpaired) electrons. The number of pyridine rings is 1. The van der Waals surface area contributed by atoms with Crippen LogP contribution in [0.3, 0.4) is 0 Å². The van der Waals surface area contributed by atoms with Crippen LogP contribution in [0.1, 0.15) is 35.8 Å². The van der Waals surface area contributed by atoms with Crippen LogP contribution in [-0.2, 0) is 6.54 Å². The van der Waals surface area contributed by atoms with E-state index >= 15 is 0 Å². The summed E-state index contributed by atoms with van der Waals surface area (Å²) in [5.41, 5.74) is 1.22. The first-order valence-corrected chi connectivity index (χ1v) is 9.52. The van der Waals surface area contributed by atoms with E-state index in [4.69, 9.17) is 0 Å². The summed E-state index contributed by atoms with van der Waals surface area (Å²) in [6.07, 6.45) is 4.08. The monoisotopic (exact) mass is 372 g/mol. The first kappa shape index (κ1) is 16.9. The fourth-order valence-corrected chi connectivity index (χ4v) is 4.07. The summed E-state index contributed by atoms with van der Waals surface area (Å²) in [6.45, 7) is 5.27. The van der Waals surface area contributed by atoms with Gasteiger partial charge < -0.3 is 0 Å². The van der Waals surface area contributed by atoms with Crippen molar-refractivity contribution in [3.05, 3.63) is 45.5 Å². The molecule has 1 fully saturated rings. The van der Waals surface area contributed by atoms with Gasteiger partial charge in [0.05, 0.1) is 11.3 Å². The lowest BCUT2D eigenvalue weighted by molar-refractivity contribution is 0.102. The third-order valence-corrected chi connectivity index (χ3v) is 5.39. The topological polar surface area (TPSA) is 95.4 Å². The second-order valence-electron chi connectivity index (χ2n) is 6.72. The number of aromatic amines is 1. The Hall–Kier alpha value is -2.52. The van der Waals surface area contributed by atoms with Crippen molar-refractivity contribution < 1.29 is 4.79 Å². The first-order chi connectivity index (χ1) is 12.6. The largest absolute Gasteiger partial charge is 0.347 e. The predicted octanol–water partition coefficient (Wildman–Crippen LogP) is 1.96. The molecular formula is C17H20N6O2S. The van der Waals surface area contributed by atoms with E-state index in [-0.39, 0.29) is 11.6 Å². The van der Waals surface area contributed by atoms with Crippen LogP contribution in [-0.4, -0.2) is 43.5 Å². The van der Waals surface area contributed by atoms with Crippen LogP contribution in [0.25, 0.3) is 5.65 Å². The molecule has 0 spiro atoms. The molecule has 3 aromatic heterocycles. The van der Waals surface area contributed by atoms with Gasteiger partial charge in [-0.15, -0.1) is 11.3 Å². The summed E-state index contributed by atoms with van der Waals surface area (Å²) in [7, 11) is 0. The Morgan fingerprint density at radius 2 is 2.38 bits per heavy atom. The Labute approximate surface area is 153 Å². The number of hydrogen-bond donors (Lipinski definition) is 2. The number of carbonyl (C=O) groups excluding carboxylic acids is 1. The van der Waals surface area contributed by atoms with Gasteiger partial charge >= 0.3 is 5.69 Å². The van der Waals surface area contributed by atoms with Crippen molar-refractivity contribution in [1.82, 2.24) is 24.5 Å². The molecule has 4 rings (SSSR count). The minimum Gasteiger partial charge on any atom is -0.298 e. The van der Waals surface area contributed by atoms with Gasteiger partial charge in [0, 0.05) is 24.7 Å². The average Bonchev–Trinajstić information content (AvgIpc) is 3.22. The highest BCUT2D eigenvalue weighted by Gasteiger charge is 2.18. The second-order valence-corrected chi connectivity index (χ2v) is 7.58. The van der Waals surface area contributed by atoms with Gasteiger partial charge in [0.25, 0.3) is 5.91 Å². The van der Waals surface area contributed by atoms with E-state index in [1.165, 1.54) is 28.6 Å². The number of aromatic nitrogens is 4. The smallest absolute Gasteiger partial charge is 0.298 e. The number of likely N-dealkylation sites (tertiary alicyclic amines) is 1. The number of nitrogens with zero attached hydrogens (tertiary/aromatic N) is 4. The van der Waals surface area contributed by atoms with Crippen LogP contribution < -0.4 is 11.0 Å². The van der Waals surface area contributed by atoms with Crippen LogP contribution in [0.4, 0.5) is 5.13 Å². The Bertz CT molecular complexity index is 990. The zero-order valence-electron chi connectivity index (χ0n) is 14.4. The molecule has 0 saturated carbocycles. The van der Waals surface area contributed by atoms with Gasteiger partial charge in [0.2, 0.25) is 0 Å². The molecule has 1 unspecified atom stereocenters. The Morgan fingerprint density at radius 1 is 1.50 bits per heavy atom. The molecule has 1 saturated heterocycles. The molecule has 26 heavy (non-hydrogen) atoms. The maximum atomic E-state index is 12.6. The molecule has 1 aliphatic rings. The molecular weight excluding hydrogens is 352 g/mol. The van der Waals surface area contributed by atoms with Gasteiger partial charge in [-0.3, -0.25) is 15.0 Å². The van der Waals surface area contributed by atoms with Crippen LogP contribution >= 0.6 is 11.3 Å². The fourth-order valence-electron chi connectivity index (χ4n) is 3.37. The lowest BCUT2D eigenvalue weighted by Crippen LogP contribution is -2.33. The quantitative estimate of drug-likeness (QED) is 0.730. The van der Waals surface area contributed by atoms with Crippen molar-refractivity contribution in [2.45, 2.75) is 26.3 Å². The van der Waals surface area contributed by atoms with E-state index in [0.717, 1.165) is 31.2 Å². The Morgan fingerprint density at radius 3 is 3.23 bits per heavy atom. The Balaban J connectivity index is 1.46. The number of piperidine rings is 1. The summed E-state index contributed by atoms with van der Waals surface area (Å²) in [4.78, 5) is 31.1. The van der Waals surface area contributed by atoms with Gasteiger partial charge in [-0.05, 0) is 37.4 Å². The average molecular weight is 372 g/mol. The van der Waals surface area contributed by atoms with Crippen molar-refractivity contribution in [1.29, 1.82) is 0 Å². The third kappa shape index (κ3) is 3.40. The van der Waals surface area contributed by atoms with Crippen molar-refractivity contribution in [2.24, 2.45) is 5.92 Å². The summed E-state index contributed by atoms with van der Waals surface area (Å²) in [6, 6.07) is 3.28. The normalized spacial score (nSPS) is 18.3. The lowest BCUT2D eigenvalue weighted by Gasteiger charge is -2.30. The number of anilines is 1. The molecule has 3 aromatic rings. The number of fused-ring (bicyclic) bond motifs is 1. The van der Waals surface area contributed by atoms with Crippen molar-refractivity contribution in [3.8, 4) is 0 Å². The van der Waals surface area contributed by atoms with Gasteiger partial charge in [0.1, 0.15) is 0 Å². The van der Waals surface area contributed by atoms with Crippen molar-refractivity contribution >= 4 is 28.0 Å². The summed E-state index contributed by atoms with van der Waals surface area (Å²) in [5, 5.41) is 11.6. The van der Waals surface area contributed by atoms with E-state index < -0.39 is 0 Å². The molecule has 4 heterocycles. The molecule has 136 valence electrons. The maximum absolute atomic E-state index is 12.6. The zero-order chi connectivity index (χ0) is 18.1. The summed E-state index contributed by atoms with van der Waals surface area (Å²) >= 11 is 1.41. The number of H-pyrrole nitrogens is 1. The van der Waals surface area contributed by atoms with Crippen molar-refractivity contribution in [3.63, 3.8) is 0 Å². The SMILES string of the molecule is CC1CCCN(Cc2csc(NC(=O)c3cccn4c(=O)[nH]nc34)n2)C1. The number of rotatable bonds is 4. The van der Waals surface area contributed by atoms with Crippen LogP contribution in [0, 0.1) is 5.92 Å². The minimum absolute atomic E-state index is 0.300. The number of nitrogens with one attached hydrogen (secondary N) is 2. The lowest BCUT2D eigenvalue weighted by atomic mass is 10.0. The summed E-state index contributed by atoms with van der Waals surface area (Å²) in [5.74, 6) is 0.390. The van der Waals surface area contributed by atoms with E-state index in [1.807, 2.05) is 5.38 Å². The highest BCUT2D eigenvalue weighted by molar-refractivity contribution is 7.14. The van der Waals surface area contributed by atoms with Gasteiger partial charge in [-0.25, -0.2) is 19.3 Å². The highest BCUT2D eigenvalue weighted by atomic mass is 32.1. The number of amides is 1. The van der Waals surface area contributed by atoms with E-state index in [1.54, 1.807) is 18.3 Å². The van der Waals surface area contributed by atoms with Crippen LogP contribution in [0.5, 0.6) is 0 Å². The molecule has 1 atom stereocenters. The molecule has 9 heteroatoms. The van der Waals surface area contributed by atoms with Crippen LogP contribution in [0.15, 0.2) is 28.5 Å². The number of carbonyl (C=O) groups is 1. The molecule has 8 nitrogen and oxygen atoms in total. The second kappa shape index (κ2) is 7.00.